The van der Waals surface area contributed by atoms with E-state index >= 15 is 0 Å². The lowest BCUT2D eigenvalue weighted by Gasteiger charge is -2.22. The first-order valence-corrected chi connectivity index (χ1v) is 12.7. The van der Waals surface area contributed by atoms with Gasteiger partial charge < -0.3 is 14.5 Å². The third-order valence-electron chi connectivity index (χ3n) is 7.01. The monoisotopic (exact) mass is 494 g/mol. The standard InChI is InChI=1S/C33H26N4O/c1-24-12-14-25(15-13-24)35-19-20-36(23-35)26-7-6-8-27(21-26)38-28-16-17-30-29-9-2-3-10-31(29)37(32(30)22-28)33-11-4-5-18-34-33/h2-22H,23H2,1H3. The van der Waals surface area contributed by atoms with Crippen LogP contribution in [-0.2, 0) is 0 Å². The second-order valence-corrected chi connectivity index (χ2v) is 9.53. The molecular formula is C33H26N4O. The van der Waals surface area contributed by atoms with Gasteiger partial charge in [0, 0.05) is 52.9 Å². The maximum Gasteiger partial charge on any atom is 0.137 e. The zero-order chi connectivity index (χ0) is 25.5. The maximum absolute atomic E-state index is 6.40. The molecule has 0 fully saturated rings. The van der Waals surface area contributed by atoms with Crippen LogP contribution in [-0.4, -0.2) is 16.2 Å². The highest BCUT2D eigenvalue weighted by Gasteiger charge is 2.17. The van der Waals surface area contributed by atoms with Crippen LogP contribution < -0.4 is 14.5 Å². The first-order chi connectivity index (χ1) is 18.7. The van der Waals surface area contributed by atoms with Crippen molar-refractivity contribution in [2.75, 3.05) is 16.5 Å². The van der Waals surface area contributed by atoms with Crippen LogP contribution in [0.15, 0.2) is 128 Å². The lowest BCUT2D eigenvalue weighted by Crippen LogP contribution is -2.24. The van der Waals surface area contributed by atoms with Crippen molar-refractivity contribution >= 4 is 33.2 Å². The Balaban J connectivity index is 1.19. The molecule has 0 atom stereocenters. The highest BCUT2D eigenvalue weighted by molar-refractivity contribution is 6.09. The van der Waals surface area contributed by atoms with Gasteiger partial charge in [-0.2, -0.15) is 0 Å². The minimum absolute atomic E-state index is 0.753. The van der Waals surface area contributed by atoms with Crippen molar-refractivity contribution in [2.45, 2.75) is 6.92 Å². The summed E-state index contributed by atoms with van der Waals surface area (Å²) >= 11 is 0. The van der Waals surface area contributed by atoms with Gasteiger partial charge in [-0.1, -0.05) is 48.0 Å². The molecule has 4 aromatic carbocycles. The number of benzene rings is 4. The minimum Gasteiger partial charge on any atom is -0.457 e. The summed E-state index contributed by atoms with van der Waals surface area (Å²) in [7, 11) is 0. The Labute approximate surface area is 221 Å². The molecule has 3 heterocycles. The van der Waals surface area contributed by atoms with Crippen molar-refractivity contribution in [3.8, 4) is 17.3 Å². The van der Waals surface area contributed by atoms with E-state index in [-0.39, 0.29) is 0 Å². The van der Waals surface area contributed by atoms with E-state index in [1.807, 2.05) is 42.6 Å². The zero-order valence-electron chi connectivity index (χ0n) is 21.0. The highest BCUT2D eigenvalue weighted by atomic mass is 16.5. The van der Waals surface area contributed by atoms with E-state index in [4.69, 9.17) is 4.74 Å². The van der Waals surface area contributed by atoms with Gasteiger partial charge in [0.05, 0.1) is 17.7 Å². The molecule has 184 valence electrons. The fourth-order valence-corrected chi connectivity index (χ4v) is 5.10. The van der Waals surface area contributed by atoms with Crippen LogP contribution in [0.2, 0.25) is 0 Å². The lowest BCUT2D eigenvalue weighted by atomic mass is 10.1. The van der Waals surface area contributed by atoms with Crippen LogP contribution in [0.5, 0.6) is 11.5 Å². The molecule has 5 heteroatoms. The third kappa shape index (κ3) is 3.95. The summed E-state index contributed by atoms with van der Waals surface area (Å²) in [6.45, 7) is 2.86. The summed E-state index contributed by atoms with van der Waals surface area (Å²) in [5.41, 5.74) is 5.71. The second-order valence-electron chi connectivity index (χ2n) is 9.53. The van der Waals surface area contributed by atoms with Crippen LogP contribution >= 0.6 is 0 Å². The van der Waals surface area contributed by atoms with E-state index in [1.165, 1.54) is 22.0 Å². The van der Waals surface area contributed by atoms with E-state index in [2.05, 4.69) is 111 Å². The van der Waals surface area contributed by atoms with Crippen molar-refractivity contribution in [1.82, 2.24) is 9.55 Å². The SMILES string of the molecule is Cc1ccc(N2C=CN(c3cccc(Oc4ccc5c6ccccc6n(-c6ccccn6)c5c4)c3)C2)cc1. The number of aromatic nitrogens is 2. The minimum atomic E-state index is 0.753. The highest BCUT2D eigenvalue weighted by Crippen LogP contribution is 2.35. The van der Waals surface area contributed by atoms with Crippen LogP contribution in [0.4, 0.5) is 11.4 Å². The quantitative estimate of drug-likeness (QED) is 0.243. The summed E-state index contributed by atoms with van der Waals surface area (Å²) < 4.78 is 8.60. The number of fused-ring (bicyclic) bond motifs is 3. The van der Waals surface area contributed by atoms with Gasteiger partial charge in [-0.3, -0.25) is 4.57 Å². The summed E-state index contributed by atoms with van der Waals surface area (Å²) in [4.78, 5) is 9.08. The van der Waals surface area contributed by atoms with Gasteiger partial charge in [-0.05, 0) is 61.5 Å². The van der Waals surface area contributed by atoms with E-state index in [0.717, 1.165) is 40.7 Å². The molecular weight excluding hydrogens is 468 g/mol. The third-order valence-corrected chi connectivity index (χ3v) is 7.01. The molecule has 0 radical (unpaired) electrons. The largest absolute Gasteiger partial charge is 0.457 e. The van der Waals surface area contributed by atoms with Gasteiger partial charge in [0.15, 0.2) is 0 Å². The number of nitrogens with zero attached hydrogens (tertiary/aromatic N) is 4. The summed E-state index contributed by atoms with van der Waals surface area (Å²) in [5.74, 6) is 2.47. The van der Waals surface area contributed by atoms with Crippen molar-refractivity contribution < 1.29 is 4.74 Å². The smallest absolute Gasteiger partial charge is 0.137 e. The molecule has 6 aromatic rings. The van der Waals surface area contributed by atoms with Crippen molar-refractivity contribution in [3.63, 3.8) is 0 Å². The number of para-hydroxylation sites is 1. The molecule has 2 aromatic heterocycles. The van der Waals surface area contributed by atoms with Gasteiger partial charge in [0.25, 0.3) is 0 Å². The average Bonchev–Trinajstić information content (AvgIpc) is 3.57. The first kappa shape index (κ1) is 22.2. The number of ether oxygens (including phenoxy) is 1. The Morgan fingerprint density at radius 3 is 2.24 bits per heavy atom. The summed E-state index contributed by atoms with van der Waals surface area (Å²) in [5, 5.41) is 2.37. The Bertz CT molecular complexity index is 1790. The Morgan fingerprint density at radius 2 is 1.39 bits per heavy atom. The van der Waals surface area contributed by atoms with E-state index < -0.39 is 0 Å². The molecule has 0 N–H and O–H groups in total. The molecule has 0 amide bonds. The van der Waals surface area contributed by atoms with Gasteiger partial charge in [0.1, 0.15) is 17.3 Å². The Kier molecular flexibility index (Phi) is 5.33. The van der Waals surface area contributed by atoms with E-state index in [0.29, 0.717) is 0 Å². The van der Waals surface area contributed by atoms with Crippen LogP contribution in [0, 0.1) is 6.92 Å². The molecule has 0 saturated carbocycles. The van der Waals surface area contributed by atoms with Crippen LogP contribution in [0.25, 0.3) is 27.6 Å². The fraction of sp³-hybridized carbons (Fsp3) is 0.0606. The normalized spacial score (nSPS) is 13.1. The summed E-state index contributed by atoms with van der Waals surface area (Å²) in [6, 6.07) is 37.5. The van der Waals surface area contributed by atoms with Gasteiger partial charge in [-0.15, -0.1) is 0 Å². The fourth-order valence-electron chi connectivity index (χ4n) is 5.10. The maximum atomic E-state index is 6.40. The van der Waals surface area contributed by atoms with Crippen molar-refractivity contribution in [3.05, 3.63) is 133 Å². The number of anilines is 2. The van der Waals surface area contributed by atoms with Crippen LogP contribution in [0.3, 0.4) is 0 Å². The van der Waals surface area contributed by atoms with E-state index in [1.54, 1.807) is 0 Å². The zero-order valence-corrected chi connectivity index (χ0v) is 21.0. The number of hydrogen-bond donors (Lipinski definition) is 0. The predicted molar refractivity (Wildman–Crippen MR) is 155 cm³/mol. The molecule has 0 unspecified atom stereocenters. The molecule has 7 rings (SSSR count). The predicted octanol–water partition coefficient (Wildman–Crippen LogP) is 8.03. The van der Waals surface area contributed by atoms with Crippen molar-refractivity contribution in [1.29, 1.82) is 0 Å². The van der Waals surface area contributed by atoms with Gasteiger partial charge >= 0.3 is 0 Å². The topological polar surface area (TPSA) is 33.5 Å². The lowest BCUT2D eigenvalue weighted by molar-refractivity contribution is 0.483. The van der Waals surface area contributed by atoms with Gasteiger partial charge in [0.2, 0.25) is 0 Å². The number of hydrogen-bond acceptors (Lipinski definition) is 4. The average molecular weight is 495 g/mol. The van der Waals surface area contributed by atoms with E-state index in [9.17, 15) is 0 Å². The molecule has 0 spiro atoms. The Morgan fingerprint density at radius 1 is 0.632 bits per heavy atom. The second kappa shape index (κ2) is 9.12. The summed E-state index contributed by atoms with van der Waals surface area (Å²) in [6.07, 6.45) is 6.05. The van der Waals surface area contributed by atoms with Crippen LogP contribution in [0.1, 0.15) is 5.56 Å². The molecule has 38 heavy (non-hydrogen) atoms. The number of aryl methyl sites for hydroxylation is 1. The molecule has 1 aliphatic heterocycles. The first-order valence-electron chi connectivity index (χ1n) is 12.7. The molecule has 0 bridgehead atoms. The molecule has 1 aliphatic rings. The number of rotatable bonds is 5. The molecule has 0 saturated heterocycles. The molecule has 0 aliphatic carbocycles. The van der Waals surface area contributed by atoms with Gasteiger partial charge in [-0.25, -0.2) is 4.98 Å². The van der Waals surface area contributed by atoms with Crippen molar-refractivity contribution in [2.24, 2.45) is 0 Å². The number of pyridine rings is 1. The Hall–Kier alpha value is -5.03. The molecule has 5 nitrogen and oxygen atoms in total.